The number of benzene rings is 2. The number of ether oxygens (including phenoxy) is 1. The summed E-state index contributed by atoms with van der Waals surface area (Å²) in [6.45, 7) is 2.83. The third-order valence-electron chi connectivity index (χ3n) is 4.11. The molecule has 0 aliphatic carbocycles. The summed E-state index contributed by atoms with van der Waals surface area (Å²) in [5.74, 6) is -0.273. The minimum absolute atomic E-state index is 0.0494. The fourth-order valence-electron chi connectivity index (χ4n) is 2.79. The molecule has 2 aromatic carbocycles. The molecule has 1 aliphatic rings. The molecule has 1 saturated heterocycles. The molecule has 1 aliphatic heterocycles. The van der Waals surface area contributed by atoms with Crippen LogP contribution in [0.2, 0.25) is 0 Å². The van der Waals surface area contributed by atoms with Crippen LogP contribution in [-0.2, 0) is 14.8 Å². The van der Waals surface area contributed by atoms with Crippen LogP contribution >= 0.6 is 0 Å². The van der Waals surface area contributed by atoms with E-state index in [0.29, 0.717) is 18.8 Å². The van der Waals surface area contributed by atoms with Crippen molar-refractivity contribution in [2.45, 2.75) is 18.2 Å². The minimum Gasteiger partial charge on any atom is -0.377 e. The Morgan fingerprint density at radius 1 is 1.12 bits per heavy atom. The number of rotatable bonds is 3. The normalized spacial score (nSPS) is 17.1. The van der Waals surface area contributed by atoms with E-state index in [1.807, 2.05) is 6.07 Å². The first-order chi connectivity index (χ1) is 11.4. The summed E-state index contributed by atoms with van der Waals surface area (Å²) in [7, 11) is -3.74. The second-order valence-corrected chi connectivity index (χ2v) is 7.38. The first kappa shape index (κ1) is 16.8. The number of halogens is 1. The van der Waals surface area contributed by atoms with E-state index in [2.05, 4.69) is 0 Å². The zero-order valence-electron chi connectivity index (χ0n) is 13.3. The molecule has 126 valence electrons. The van der Waals surface area contributed by atoms with Gasteiger partial charge in [-0.2, -0.15) is 0 Å². The third-order valence-corrected chi connectivity index (χ3v) is 5.04. The molecule has 6 heteroatoms. The fourth-order valence-corrected chi connectivity index (χ4v) is 3.31. The standard InChI is InChI=1S/C18H18FNO3S/c1-12-2-3-14(10-17(12)19)18(15-8-9-23-11-15)13-4-6-16(7-5-13)24(20,21)22/h2-7,10H,8-9,11H2,1H3,(H2,20,21,22). The van der Waals surface area contributed by atoms with E-state index >= 15 is 0 Å². The molecule has 4 nitrogen and oxygen atoms in total. The van der Waals surface area contributed by atoms with Gasteiger partial charge < -0.3 is 4.74 Å². The predicted molar refractivity (Wildman–Crippen MR) is 90.4 cm³/mol. The van der Waals surface area contributed by atoms with Gasteiger partial charge >= 0.3 is 0 Å². The van der Waals surface area contributed by atoms with Crippen LogP contribution in [0, 0.1) is 12.7 Å². The van der Waals surface area contributed by atoms with Gasteiger partial charge in [0.05, 0.1) is 18.1 Å². The number of nitrogens with two attached hydrogens (primary N) is 1. The molecule has 2 N–H and O–H groups in total. The Morgan fingerprint density at radius 3 is 2.33 bits per heavy atom. The Balaban J connectivity index is 2.13. The van der Waals surface area contributed by atoms with Crippen molar-refractivity contribution in [1.82, 2.24) is 0 Å². The molecule has 3 rings (SSSR count). The van der Waals surface area contributed by atoms with Crippen LogP contribution in [0.15, 0.2) is 52.9 Å². The highest BCUT2D eigenvalue weighted by Crippen LogP contribution is 2.32. The van der Waals surface area contributed by atoms with Crippen molar-refractivity contribution >= 4 is 15.6 Å². The highest BCUT2D eigenvalue weighted by atomic mass is 32.2. The fraction of sp³-hybridized carbons (Fsp3) is 0.222. The van der Waals surface area contributed by atoms with Gasteiger partial charge in [-0.05, 0) is 59.4 Å². The van der Waals surface area contributed by atoms with Crippen molar-refractivity contribution in [3.05, 3.63) is 70.5 Å². The highest BCUT2D eigenvalue weighted by molar-refractivity contribution is 7.89. The van der Waals surface area contributed by atoms with Gasteiger partial charge in [0.25, 0.3) is 0 Å². The first-order valence-corrected chi connectivity index (χ1v) is 9.10. The lowest BCUT2D eigenvalue weighted by molar-refractivity contribution is 0.205. The summed E-state index contributed by atoms with van der Waals surface area (Å²) < 4.78 is 42.3. The van der Waals surface area contributed by atoms with E-state index in [4.69, 9.17) is 9.88 Å². The Kier molecular flexibility index (Phi) is 4.54. The average Bonchev–Trinajstić information content (AvgIpc) is 3.05. The van der Waals surface area contributed by atoms with Crippen molar-refractivity contribution in [1.29, 1.82) is 0 Å². The van der Waals surface area contributed by atoms with E-state index in [-0.39, 0.29) is 10.7 Å². The van der Waals surface area contributed by atoms with E-state index in [1.54, 1.807) is 25.1 Å². The highest BCUT2D eigenvalue weighted by Gasteiger charge is 2.18. The molecular weight excluding hydrogens is 329 g/mol. The summed E-state index contributed by atoms with van der Waals surface area (Å²) in [6.07, 6.45) is 0.766. The largest absolute Gasteiger partial charge is 0.377 e. The minimum atomic E-state index is -3.74. The monoisotopic (exact) mass is 347 g/mol. The molecular formula is C18H18FNO3S. The summed E-state index contributed by atoms with van der Waals surface area (Å²) in [4.78, 5) is 0.0494. The molecule has 0 bridgehead atoms. The lowest BCUT2D eigenvalue weighted by atomic mass is 9.92. The van der Waals surface area contributed by atoms with Crippen LogP contribution in [0.4, 0.5) is 4.39 Å². The smallest absolute Gasteiger partial charge is 0.238 e. The molecule has 1 heterocycles. The Morgan fingerprint density at radius 2 is 1.79 bits per heavy atom. The number of hydrogen-bond donors (Lipinski definition) is 1. The van der Waals surface area contributed by atoms with E-state index in [1.165, 1.54) is 18.2 Å². The van der Waals surface area contributed by atoms with Gasteiger partial charge in [0.2, 0.25) is 10.0 Å². The maximum Gasteiger partial charge on any atom is 0.238 e. The van der Waals surface area contributed by atoms with Crippen molar-refractivity contribution in [3.8, 4) is 0 Å². The van der Waals surface area contributed by atoms with Gasteiger partial charge in [-0.3, -0.25) is 0 Å². The van der Waals surface area contributed by atoms with Crippen LogP contribution in [0.25, 0.3) is 5.57 Å². The predicted octanol–water partition coefficient (Wildman–Crippen LogP) is 3.00. The molecule has 0 atom stereocenters. The van der Waals surface area contributed by atoms with Gasteiger partial charge in [0.1, 0.15) is 5.82 Å². The zero-order chi connectivity index (χ0) is 17.3. The first-order valence-electron chi connectivity index (χ1n) is 7.56. The topological polar surface area (TPSA) is 69.4 Å². The molecule has 0 unspecified atom stereocenters. The van der Waals surface area contributed by atoms with Crippen LogP contribution in [-0.4, -0.2) is 21.6 Å². The number of aryl methyl sites for hydroxylation is 1. The summed E-state index contributed by atoms with van der Waals surface area (Å²) >= 11 is 0. The van der Waals surface area contributed by atoms with E-state index < -0.39 is 10.0 Å². The summed E-state index contributed by atoms with van der Waals surface area (Å²) in [5, 5.41) is 5.14. The molecule has 0 radical (unpaired) electrons. The molecule has 0 spiro atoms. The van der Waals surface area contributed by atoms with Gasteiger partial charge in [-0.15, -0.1) is 0 Å². The summed E-state index contributed by atoms with van der Waals surface area (Å²) in [6, 6.07) is 11.4. The number of sulfonamides is 1. The lowest BCUT2D eigenvalue weighted by Crippen LogP contribution is -2.11. The van der Waals surface area contributed by atoms with Gasteiger partial charge in [-0.25, -0.2) is 17.9 Å². The lowest BCUT2D eigenvalue weighted by Gasteiger charge is -2.13. The Hall–Kier alpha value is -2.02. The number of hydrogen-bond acceptors (Lipinski definition) is 3. The molecule has 2 aromatic rings. The average molecular weight is 347 g/mol. The van der Waals surface area contributed by atoms with Crippen molar-refractivity contribution in [3.63, 3.8) is 0 Å². The number of primary sulfonamides is 1. The summed E-state index contributed by atoms with van der Waals surface area (Å²) in [5.41, 5.74) is 4.09. The van der Waals surface area contributed by atoms with Crippen LogP contribution < -0.4 is 5.14 Å². The van der Waals surface area contributed by atoms with Gasteiger partial charge in [0, 0.05) is 0 Å². The maximum atomic E-state index is 14.0. The van der Waals surface area contributed by atoms with Gasteiger partial charge in [-0.1, -0.05) is 24.3 Å². The quantitative estimate of drug-likeness (QED) is 0.928. The molecule has 0 aromatic heterocycles. The third kappa shape index (κ3) is 3.40. The van der Waals surface area contributed by atoms with Gasteiger partial charge in [0.15, 0.2) is 0 Å². The molecule has 0 saturated carbocycles. The second kappa shape index (κ2) is 6.47. The van der Waals surface area contributed by atoms with E-state index in [9.17, 15) is 12.8 Å². The van der Waals surface area contributed by atoms with Crippen molar-refractivity contribution in [2.75, 3.05) is 13.2 Å². The van der Waals surface area contributed by atoms with Crippen LogP contribution in [0.3, 0.4) is 0 Å². The van der Waals surface area contributed by atoms with Crippen LogP contribution in [0.5, 0.6) is 0 Å². The molecule has 24 heavy (non-hydrogen) atoms. The molecule has 1 fully saturated rings. The van der Waals surface area contributed by atoms with E-state index in [0.717, 1.165) is 28.7 Å². The van der Waals surface area contributed by atoms with Crippen LogP contribution in [0.1, 0.15) is 23.1 Å². The zero-order valence-corrected chi connectivity index (χ0v) is 14.1. The molecule has 0 amide bonds. The SMILES string of the molecule is Cc1ccc(C(=C2CCOC2)c2ccc(S(N)(=O)=O)cc2)cc1F. The Labute approximate surface area is 140 Å². The van der Waals surface area contributed by atoms with Crippen molar-refractivity contribution in [2.24, 2.45) is 5.14 Å². The second-order valence-electron chi connectivity index (χ2n) is 5.81. The van der Waals surface area contributed by atoms with Crippen molar-refractivity contribution < 1.29 is 17.5 Å². The maximum absolute atomic E-state index is 14.0. The Bertz CT molecular complexity index is 894.